The molecule has 0 saturated carbocycles. The molecule has 1 aliphatic heterocycles. The van der Waals surface area contributed by atoms with Crippen LogP contribution >= 0.6 is 0 Å². The van der Waals surface area contributed by atoms with E-state index < -0.39 is 12.1 Å². The van der Waals surface area contributed by atoms with E-state index in [0.29, 0.717) is 6.42 Å². The Labute approximate surface area is 249 Å². The highest BCUT2D eigenvalue weighted by Crippen LogP contribution is 2.39. The van der Waals surface area contributed by atoms with Gasteiger partial charge in [0.15, 0.2) is 0 Å². The SMILES string of the molecule is CC(C)CC(=O)N(C)C[C@H](NC(=O)[C@H](C)NCCO)C(=O)N1C(C)CC[C@H]1c1nc2c([nH]1)C(c1ccccc1)CC=C2. The van der Waals surface area contributed by atoms with Gasteiger partial charge in [0.1, 0.15) is 11.9 Å². The Hall–Kier alpha value is -3.50. The van der Waals surface area contributed by atoms with E-state index in [-0.39, 0.29) is 61.3 Å². The van der Waals surface area contributed by atoms with Gasteiger partial charge in [-0.15, -0.1) is 0 Å². The number of allylic oxidation sites excluding steroid dienone is 1. The maximum absolute atomic E-state index is 14.3. The second-order valence-corrected chi connectivity index (χ2v) is 12.0. The number of carbonyl (C=O) groups excluding carboxylic acids is 3. The van der Waals surface area contributed by atoms with Crippen molar-refractivity contribution in [2.24, 2.45) is 5.92 Å². The van der Waals surface area contributed by atoms with E-state index >= 15 is 0 Å². The molecule has 2 aliphatic rings. The van der Waals surface area contributed by atoms with Gasteiger partial charge in [0.25, 0.3) is 0 Å². The second-order valence-electron chi connectivity index (χ2n) is 12.0. The molecule has 4 rings (SSSR count). The second kappa shape index (κ2) is 14.1. The van der Waals surface area contributed by atoms with Crippen molar-refractivity contribution in [2.45, 2.75) is 83.5 Å². The summed E-state index contributed by atoms with van der Waals surface area (Å²) >= 11 is 0. The Bertz CT molecular complexity index is 1260. The zero-order chi connectivity index (χ0) is 30.4. The fourth-order valence-corrected chi connectivity index (χ4v) is 5.93. The number of carbonyl (C=O) groups is 3. The van der Waals surface area contributed by atoms with Crippen molar-refractivity contribution in [1.82, 2.24) is 30.4 Å². The van der Waals surface area contributed by atoms with Crippen LogP contribution in [0.1, 0.15) is 88.1 Å². The van der Waals surface area contributed by atoms with E-state index in [2.05, 4.69) is 33.8 Å². The molecule has 2 unspecified atom stereocenters. The molecule has 10 nitrogen and oxygen atoms in total. The summed E-state index contributed by atoms with van der Waals surface area (Å²) in [6.45, 7) is 7.87. The number of nitrogens with one attached hydrogen (secondary N) is 3. The predicted octanol–water partition coefficient (Wildman–Crippen LogP) is 2.97. The normalized spacial score (nSPS) is 21.2. The molecule has 2 heterocycles. The maximum Gasteiger partial charge on any atom is 0.247 e. The third-order valence-electron chi connectivity index (χ3n) is 8.25. The van der Waals surface area contributed by atoms with Crippen LogP contribution in [-0.2, 0) is 14.4 Å². The van der Waals surface area contributed by atoms with Crippen LogP contribution in [0, 0.1) is 5.92 Å². The molecule has 1 saturated heterocycles. The van der Waals surface area contributed by atoms with Crippen LogP contribution in [0.15, 0.2) is 36.4 Å². The molecular weight excluding hydrogens is 532 g/mol. The average molecular weight is 579 g/mol. The molecule has 1 aromatic heterocycles. The molecule has 228 valence electrons. The largest absolute Gasteiger partial charge is 0.395 e. The van der Waals surface area contributed by atoms with Crippen molar-refractivity contribution >= 4 is 23.8 Å². The van der Waals surface area contributed by atoms with Gasteiger partial charge < -0.3 is 30.5 Å². The zero-order valence-corrected chi connectivity index (χ0v) is 25.5. The van der Waals surface area contributed by atoms with Gasteiger partial charge in [0.2, 0.25) is 17.7 Å². The first-order valence-corrected chi connectivity index (χ1v) is 15.1. The quantitative estimate of drug-likeness (QED) is 0.306. The van der Waals surface area contributed by atoms with Gasteiger partial charge in [-0.3, -0.25) is 14.4 Å². The Morgan fingerprint density at radius 2 is 1.90 bits per heavy atom. The van der Waals surface area contributed by atoms with Crippen molar-refractivity contribution in [2.75, 3.05) is 26.7 Å². The fraction of sp³-hybridized carbons (Fsp3) is 0.562. The summed E-state index contributed by atoms with van der Waals surface area (Å²) in [7, 11) is 1.67. The molecule has 2 aromatic rings. The number of aromatic amines is 1. The van der Waals surface area contributed by atoms with Crippen LogP contribution in [0.4, 0.5) is 0 Å². The van der Waals surface area contributed by atoms with E-state index in [0.717, 1.165) is 36.5 Å². The summed E-state index contributed by atoms with van der Waals surface area (Å²) in [4.78, 5) is 52.1. The van der Waals surface area contributed by atoms with Gasteiger partial charge in [-0.1, -0.05) is 50.3 Å². The minimum atomic E-state index is -0.929. The molecule has 42 heavy (non-hydrogen) atoms. The maximum atomic E-state index is 14.3. The lowest BCUT2D eigenvalue weighted by atomic mass is 9.88. The number of H-pyrrole nitrogens is 1. The molecule has 1 fully saturated rings. The molecule has 1 aromatic carbocycles. The number of imidazole rings is 1. The number of aliphatic hydroxyl groups excluding tert-OH is 1. The molecule has 10 heteroatoms. The molecule has 5 atom stereocenters. The van der Waals surface area contributed by atoms with Crippen LogP contribution in [0.25, 0.3) is 6.08 Å². The molecule has 0 spiro atoms. The first-order chi connectivity index (χ1) is 20.1. The van der Waals surface area contributed by atoms with Crippen molar-refractivity contribution < 1.29 is 19.5 Å². The van der Waals surface area contributed by atoms with E-state index in [9.17, 15) is 14.4 Å². The van der Waals surface area contributed by atoms with Gasteiger partial charge in [-0.25, -0.2) is 4.98 Å². The number of likely N-dealkylation sites (N-methyl/N-ethyl adjacent to an activating group) is 1. The van der Waals surface area contributed by atoms with Crippen LogP contribution in [0.2, 0.25) is 0 Å². The summed E-state index contributed by atoms with van der Waals surface area (Å²) in [6, 6.07) is 8.47. The summed E-state index contributed by atoms with van der Waals surface area (Å²) in [5.74, 6) is 0.411. The molecule has 3 amide bonds. The van der Waals surface area contributed by atoms with Crippen molar-refractivity contribution in [3.05, 3.63) is 59.2 Å². The number of aromatic nitrogens is 2. The van der Waals surface area contributed by atoms with Crippen LogP contribution in [0.5, 0.6) is 0 Å². The third-order valence-corrected chi connectivity index (χ3v) is 8.25. The van der Waals surface area contributed by atoms with Gasteiger partial charge in [-0.2, -0.15) is 0 Å². The smallest absolute Gasteiger partial charge is 0.247 e. The van der Waals surface area contributed by atoms with Gasteiger partial charge in [0, 0.05) is 38.5 Å². The number of fused-ring (bicyclic) bond motifs is 1. The number of rotatable bonds is 12. The number of hydrogen-bond donors (Lipinski definition) is 4. The van der Waals surface area contributed by atoms with Crippen LogP contribution < -0.4 is 10.6 Å². The lowest BCUT2D eigenvalue weighted by molar-refractivity contribution is -0.141. The van der Waals surface area contributed by atoms with E-state index in [1.54, 1.807) is 14.0 Å². The molecular formula is C32H46N6O4. The summed E-state index contributed by atoms with van der Waals surface area (Å²) in [5.41, 5.74) is 3.16. The highest BCUT2D eigenvalue weighted by atomic mass is 16.3. The third kappa shape index (κ3) is 7.28. The van der Waals surface area contributed by atoms with Gasteiger partial charge in [-0.05, 0) is 50.7 Å². The number of hydrogen-bond acceptors (Lipinski definition) is 6. The number of likely N-dealkylation sites (tertiary alicyclic amines) is 1. The summed E-state index contributed by atoms with van der Waals surface area (Å²) < 4.78 is 0. The highest BCUT2D eigenvalue weighted by molar-refractivity contribution is 5.91. The van der Waals surface area contributed by atoms with E-state index in [1.165, 1.54) is 10.5 Å². The van der Waals surface area contributed by atoms with Crippen molar-refractivity contribution in [3.63, 3.8) is 0 Å². The minimum Gasteiger partial charge on any atom is -0.395 e. The molecule has 0 bridgehead atoms. The Kier molecular flexibility index (Phi) is 10.6. The first-order valence-electron chi connectivity index (χ1n) is 15.1. The minimum absolute atomic E-state index is 0.0618. The summed E-state index contributed by atoms with van der Waals surface area (Å²) in [5, 5.41) is 15.0. The highest BCUT2D eigenvalue weighted by Gasteiger charge is 2.41. The molecule has 1 aliphatic carbocycles. The number of benzene rings is 1. The lowest BCUT2D eigenvalue weighted by Crippen LogP contribution is -2.57. The monoisotopic (exact) mass is 578 g/mol. The molecule has 0 radical (unpaired) electrons. The van der Waals surface area contributed by atoms with E-state index in [1.807, 2.05) is 49.9 Å². The molecule has 4 N–H and O–H groups in total. The van der Waals surface area contributed by atoms with E-state index in [4.69, 9.17) is 10.1 Å². The summed E-state index contributed by atoms with van der Waals surface area (Å²) in [6.07, 6.45) is 6.96. The van der Waals surface area contributed by atoms with Gasteiger partial charge >= 0.3 is 0 Å². The van der Waals surface area contributed by atoms with Gasteiger partial charge in [0.05, 0.1) is 30.1 Å². The average Bonchev–Trinajstić information content (AvgIpc) is 3.58. The standard InChI is InChI=1S/C32H46N6O4/c1-20(2)18-28(40)37(5)19-26(35-31(41)22(4)33-16-17-39)32(42)38-21(3)14-15-27(38)30-34-25-13-9-12-24(29(25)36-30)23-10-7-6-8-11-23/h6-11,13,20-22,24,26-27,33,39H,12,14-19H2,1-5H3,(H,34,36)(H,35,41)/t21?,22-,24?,26-,27-/m0/s1. The van der Waals surface area contributed by atoms with Crippen LogP contribution in [0.3, 0.4) is 0 Å². The van der Waals surface area contributed by atoms with Crippen LogP contribution in [-0.4, -0.2) is 87.5 Å². The number of amides is 3. The zero-order valence-electron chi connectivity index (χ0n) is 25.5. The predicted molar refractivity (Wildman–Crippen MR) is 162 cm³/mol. The first kappa shape index (κ1) is 31.4. The lowest BCUT2D eigenvalue weighted by Gasteiger charge is -2.34. The Balaban J connectivity index is 1.60. The Morgan fingerprint density at radius 1 is 1.17 bits per heavy atom. The Morgan fingerprint density at radius 3 is 2.60 bits per heavy atom. The van der Waals surface area contributed by atoms with Crippen molar-refractivity contribution in [3.8, 4) is 0 Å². The number of aliphatic hydroxyl groups is 1. The number of nitrogens with zero attached hydrogens (tertiary/aromatic N) is 3. The topological polar surface area (TPSA) is 131 Å². The van der Waals surface area contributed by atoms with Crippen molar-refractivity contribution in [1.29, 1.82) is 0 Å². The fourth-order valence-electron chi connectivity index (χ4n) is 5.93.